The maximum Gasteiger partial charge on any atom is 0.399 e. The number of carbonyl (C=O) groups is 1. The molecule has 10 heteroatoms. The molecule has 2 nitrogen and oxygen atoms in total. The summed E-state index contributed by atoms with van der Waals surface area (Å²) in [5.74, 6) is -3.13. The first-order chi connectivity index (χ1) is 16.5. The average molecular weight is 610 g/mol. The van der Waals surface area contributed by atoms with Crippen LogP contribution < -0.4 is 0 Å². The van der Waals surface area contributed by atoms with Gasteiger partial charge >= 0.3 is 6.18 Å². The second-order valence-corrected chi connectivity index (χ2v) is 9.74. The Morgan fingerprint density at radius 3 is 2.31 bits per heavy atom. The number of pyridine rings is 1. The molecule has 0 bridgehead atoms. The van der Waals surface area contributed by atoms with Gasteiger partial charge in [0.25, 0.3) is 0 Å². The third-order valence-electron chi connectivity index (χ3n) is 5.15. The average Bonchev–Trinajstić information content (AvgIpc) is 2.78. The third-order valence-corrected chi connectivity index (χ3v) is 6.58. The molecule has 0 aliphatic heterocycles. The highest BCUT2D eigenvalue weighted by Crippen LogP contribution is 2.39. The lowest BCUT2D eigenvalue weighted by Crippen LogP contribution is -2.19. The second-order valence-electron chi connectivity index (χ2n) is 7.68. The van der Waals surface area contributed by atoms with Crippen LogP contribution in [0.4, 0.5) is 17.6 Å². The van der Waals surface area contributed by atoms with Gasteiger partial charge in [-0.2, -0.15) is 13.2 Å². The summed E-state index contributed by atoms with van der Waals surface area (Å²) in [5.41, 5.74) is 1.55. The van der Waals surface area contributed by atoms with Gasteiger partial charge in [-0.05, 0) is 59.9 Å². The zero-order valence-electron chi connectivity index (χ0n) is 17.9. The van der Waals surface area contributed by atoms with Crippen molar-refractivity contribution in [2.45, 2.75) is 31.4 Å². The van der Waals surface area contributed by atoms with Gasteiger partial charge in [-0.3, -0.25) is 4.79 Å². The number of nitrogens with zero attached hydrogens (tertiary/aromatic N) is 1. The summed E-state index contributed by atoms with van der Waals surface area (Å²) in [7, 11) is 0. The van der Waals surface area contributed by atoms with Crippen LogP contribution in [0.5, 0.6) is 0 Å². The molecule has 35 heavy (non-hydrogen) atoms. The van der Waals surface area contributed by atoms with Crippen LogP contribution in [0.1, 0.15) is 45.8 Å². The molecule has 1 heterocycles. The minimum absolute atomic E-state index is 0.0990. The first kappa shape index (κ1) is 27.7. The fourth-order valence-electron chi connectivity index (χ4n) is 3.37. The predicted octanol–water partition coefficient (Wildman–Crippen LogP) is 9.51. The SMILES string of the molecule is O=C(CCCc1ccc(Cl)nc1)c1ccc(/C=C/C(c2cc(Cl)c(F)c(Cl)c2)C(F)(F)F)cc1Br. The monoisotopic (exact) mass is 607 g/mol. The van der Waals surface area contributed by atoms with Gasteiger partial charge in [0.15, 0.2) is 11.6 Å². The fraction of sp³-hybridized carbons (Fsp3) is 0.200. The van der Waals surface area contributed by atoms with Crippen molar-refractivity contribution >= 4 is 62.6 Å². The van der Waals surface area contributed by atoms with E-state index >= 15 is 0 Å². The maximum atomic E-state index is 13.7. The largest absolute Gasteiger partial charge is 0.399 e. The molecule has 0 radical (unpaired) electrons. The molecule has 1 atom stereocenters. The Morgan fingerprint density at radius 2 is 1.74 bits per heavy atom. The van der Waals surface area contributed by atoms with E-state index in [4.69, 9.17) is 34.8 Å². The Kier molecular flexibility index (Phi) is 9.38. The zero-order chi connectivity index (χ0) is 25.8. The number of benzene rings is 2. The topological polar surface area (TPSA) is 30.0 Å². The van der Waals surface area contributed by atoms with Crippen molar-refractivity contribution in [2.75, 3.05) is 0 Å². The van der Waals surface area contributed by atoms with Gasteiger partial charge < -0.3 is 0 Å². The highest BCUT2D eigenvalue weighted by molar-refractivity contribution is 9.10. The van der Waals surface area contributed by atoms with Crippen LogP contribution in [0.2, 0.25) is 15.2 Å². The van der Waals surface area contributed by atoms with Crippen molar-refractivity contribution < 1.29 is 22.4 Å². The first-order valence-corrected chi connectivity index (χ1v) is 12.2. The normalized spacial score (nSPS) is 12.8. The Bertz CT molecular complexity index is 1220. The van der Waals surface area contributed by atoms with Crippen molar-refractivity contribution in [2.24, 2.45) is 0 Å². The first-order valence-electron chi connectivity index (χ1n) is 10.3. The second kappa shape index (κ2) is 11.9. The molecule has 0 aliphatic rings. The van der Waals surface area contributed by atoms with Crippen molar-refractivity contribution in [1.82, 2.24) is 4.98 Å². The molecule has 184 valence electrons. The van der Waals surface area contributed by atoms with Gasteiger partial charge in [0.1, 0.15) is 5.15 Å². The van der Waals surface area contributed by atoms with Crippen LogP contribution in [0.15, 0.2) is 59.2 Å². The number of hydrogen-bond donors (Lipinski definition) is 0. The number of rotatable bonds is 8. The molecule has 0 fully saturated rings. The van der Waals surface area contributed by atoms with Gasteiger partial charge in [-0.1, -0.05) is 75.0 Å². The number of hydrogen-bond acceptors (Lipinski definition) is 2. The summed E-state index contributed by atoms with van der Waals surface area (Å²) in [6, 6.07) is 10.0. The van der Waals surface area contributed by atoms with Crippen LogP contribution in [-0.2, 0) is 6.42 Å². The van der Waals surface area contributed by atoms with Crippen molar-refractivity contribution in [3.63, 3.8) is 0 Å². The smallest absolute Gasteiger partial charge is 0.294 e. The molecular formula is C25H17BrCl3F4NO. The quantitative estimate of drug-likeness (QED) is 0.110. The molecule has 0 N–H and O–H groups in total. The van der Waals surface area contributed by atoms with E-state index < -0.39 is 28.0 Å². The minimum atomic E-state index is -4.66. The zero-order valence-corrected chi connectivity index (χ0v) is 21.7. The summed E-state index contributed by atoms with van der Waals surface area (Å²) in [4.78, 5) is 16.6. The molecule has 3 rings (SSSR count). The Hall–Kier alpha value is -1.93. The summed E-state index contributed by atoms with van der Waals surface area (Å²) in [5, 5.41) is -0.587. The van der Waals surface area contributed by atoms with E-state index in [1.54, 1.807) is 30.5 Å². The number of ketones is 1. The number of aryl methyl sites for hydroxylation is 1. The lowest BCUT2D eigenvalue weighted by atomic mass is 9.96. The molecule has 3 aromatic rings. The van der Waals surface area contributed by atoms with Gasteiger partial charge in [-0.15, -0.1) is 0 Å². The number of halogens is 8. The Balaban J connectivity index is 1.72. The highest BCUT2D eigenvalue weighted by Gasteiger charge is 2.39. The number of allylic oxidation sites excluding steroid dienone is 1. The van der Waals surface area contributed by atoms with E-state index in [2.05, 4.69) is 20.9 Å². The van der Waals surface area contributed by atoms with Gasteiger partial charge in [-0.25, -0.2) is 9.37 Å². The maximum absolute atomic E-state index is 13.7. The summed E-state index contributed by atoms with van der Waals surface area (Å²) < 4.78 is 55.2. The van der Waals surface area contributed by atoms with E-state index in [9.17, 15) is 22.4 Å². The number of alkyl halides is 3. The molecule has 0 spiro atoms. The number of aromatic nitrogens is 1. The number of Topliss-reactive ketones (excluding diaryl/α,β-unsaturated/α-hetero) is 1. The summed E-state index contributed by atoms with van der Waals surface area (Å²) in [6.45, 7) is 0. The summed E-state index contributed by atoms with van der Waals surface area (Å²) >= 11 is 20.5. The predicted molar refractivity (Wildman–Crippen MR) is 135 cm³/mol. The van der Waals surface area contributed by atoms with Gasteiger partial charge in [0.05, 0.1) is 16.0 Å². The van der Waals surface area contributed by atoms with Crippen molar-refractivity contribution in [1.29, 1.82) is 0 Å². The van der Waals surface area contributed by atoms with Crippen LogP contribution in [0.3, 0.4) is 0 Å². The van der Waals surface area contributed by atoms with Crippen molar-refractivity contribution in [3.05, 3.63) is 102 Å². The van der Waals surface area contributed by atoms with Crippen LogP contribution in [-0.4, -0.2) is 16.9 Å². The Labute approximate surface area is 223 Å². The Morgan fingerprint density at radius 1 is 1.06 bits per heavy atom. The molecular weight excluding hydrogens is 593 g/mol. The number of carbonyl (C=O) groups excluding carboxylic acids is 1. The van der Waals surface area contributed by atoms with Crippen LogP contribution in [0, 0.1) is 5.82 Å². The van der Waals surface area contributed by atoms with E-state index in [1.807, 2.05) is 6.07 Å². The molecule has 0 saturated heterocycles. The molecule has 1 aromatic heterocycles. The lowest BCUT2D eigenvalue weighted by molar-refractivity contribution is -0.139. The van der Waals surface area contributed by atoms with Crippen LogP contribution >= 0.6 is 50.7 Å². The molecule has 2 aromatic carbocycles. The highest BCUT2D eigenvalue weighted by atomic mass is 79.9. The minimum Gasteiger partial charge on any atom is -0.294 e. The van der Waals surface area contributed by atoms with E-state index in [0.717, 1.165) is 23.8 Å². The standard InChI is InChI=1S/C25H17BrCl3F4NO/c26-19-10-14(4-7-17(19)22(35)3-1-2-15-6-9-23(29)34-13-15)5-8-18(25(31,32)33)16-11-20(27)24(30)21(28)12-16/h4-13,18H,1-3H2/b8-5+. The molecule has 0 saturated carbocycles. The van der Waals surface area contributed by atoms with E-state index in [1.165, 1.54) is 6.08 Å². The molecule has 1 unspecified atom stereocenters. The van der Waals surface area contributed by atoms with Crippen molar-refractivity contribution in [3.8, 4) is 0 Å². The fourth-order valence-corrected chi connectivity index (χ4v) is 4.61. The van der Waals surface area contributed by atoms with E-state index in [-0.39, 0.29) is 11.3 Å². The van der Waals surface area contributed by atoms with Gasteiger partial charge in [0.2, 0.25) is 0 Å². The molecule has 0 amide bonds. The lowest BCUT2D eigenvalue weighted by Gasteiger charge is -2.18. The molecule has 0 aliphatic carbocycles. The summed E-state index contributed by atoms with van der Waals surface area (Å²) in [6.07, 6.45) is 0.758. The van der Waals surface area contributed by atoms with E-state index in [0.29, 0.717) is 40.0 Å². The van der Waals surface area contributed by atoms with Gasteiger partial charge in [0, 0.05) is 22.7 Å². The van der Waals surface area contributed by atoms with Crippen LogP contribution in [0.25, 0.3) is 6.08 Å². The third kappa shape index (κ3) is 7.53.